The van der Waals surface area contributed by atoms with Gasteiger partial charge in [0, 0.05) is 12.7 Å². The van der Waals surface area contributed by atoms with E-state index < -0.39 is 5.97 Å². The molecule has 16 heavy (non-hydrogen) atoms. The molecular formula is C11H17N3O2. The Kier molecular flexibility index (Phi) is 3.56. The summed E-state index contributed by atoms with van der Waals surface area (Å²) in [4.78, 5) is 13.1. The van der Waals surface area contributed by atoms with Crippen molar-refractivity contribution in [2.45, 2.75) is 25.8 Å². The molecule has 5 heteroatoms. The van der Waals surface area contributed by atoms with E-state index in [1.807, 2.05) is 0 Å². The van der Waals surface area contributed by atoms with Crippen molar-refractivity contribution < 1.29 is 9.90 Å². The second-order valence-electron chi connectivity index (χ2n) is 4.20. The topological polar surface area (TPSA) is 58.4 Å². The molecule has 2 rings (SSSR count). The predicted molar refractivity (Wildman–Crippen MR) is 59.5 cm³/mol. The molecule has 1 aliphatic heterocycles. The molecule has 2 heterocycles. The number of nitrogens with zero attached hydrogens (tertiary/aromatic N) is 3. The van der Waals surface area contributed by atoms with Gasteiger partial charge in [0.05, 0.1) is 11.8 Å². The fourth-order valence-electron chi connectivity index (χ4n) is 2.06. The first-order chi connectivity index (χ1) is 7.75. The number of rotatable bonds is 5. The van der Waals surface area contributed by atoms with Gasteiger partial charge in [-0.3, -0.25) is 4.68 Å². The monoisotopic (exact) mass is 223 g/mol. The molecular weight excluding hydrogens is 206 g/mol. The molecule has 0 radical (unpaired) electrons. The maximum absolute atomic E-state index is 10.6. The molecule has 1 saturated heterocycles. The summed E-state index contributed by atoms with van der Waals surface area (Å²) in [6.07, 6.45) is 6.64. The molecule has 0 aliphatic carbocycles. The van der Waals surface area contributed by atoms with Gasteiger partial charge in [0.2, 0.25) is 0 Å². The molecule has 0 spiro atoms. The van der Waals surface area contributed by atoms with Crippen molar-refractivity contribution in [3.63, 3.8) is 0 Å². The molecule has 1 aromatic rings. The third kappa shape index (κ3) is 2.82. The van der Waals surface area contributed by atoms with Crippen LogP contribution >= 0.6 is 0 Å². The first kappa shape index (κ1) is 11.1. The van der Waals surface area contributed by atoms with Gasteiger partial charge in [0.15, 0.2) is 0 Å². The van der Waals surface area contributed by atoms with Crippen LogP contribution in [0.15, 0.2) is 12.4 Å². The quantitative estimate of drug-likeness (QED) is 0.811. The van der Waals surface area contributed by atoms with E-state index in [0.29, 0.717) is 0 Å². The lowest BCUT2D eigenvalue weighted by molar-refractivity contribution is 0.0697. The summed E-state index contributed by atoms with van der Waals surface area (Å²) in [5, 5.41) is 12.8. The van der Waals surface area contributed by atoms with Crippen LogP contribution in [0.4, 0.5) is 0 Å². The van der Waals surface area contributed by atoms with Crippen LogP contribution in [0.25, 0.3) is 0 Å². The number of aromatic carboxylic acids is 1. The van der Waals surface area contributed by atoms with Crippen molar-refractivity contribution in [1.29, 1.82) is 0 Å². The average molecular weight is 223 g/mol. The maximum Gasteiger partial charge on any atom is 0.338 e. The lowest BCUT2D eigenvalue weighted by Gasteiger charge is -2.13. The lowest BCUT2D eigenvalue weighted by atomic mass is 10.3. The Morgan fingerprint density at radius 3 is 2.75 bits per heavy atom. The van der Waals surface area contributed by atoms with Gasteiger partial charge in [-0.25, -0.2) is 4.79 Å². The molecule has 1 fully saturated rings. The van der Waals surface area contributed by atoms with Crippen LogP contribution in [0.2, 0.25) is 0 Å². The van der Waals surface area contributed by atoms with Crippen LogP contribution in [-0.4, -0.2) is 45.4 Å². The van der Waals surface area contributed by atoms with Gasteiger partial charge >= 0.3 is 5.97 Å². The molecule has 0 unspecified atom stereocenters. The highest BCUT2D eigenvalue weighted by Gasteiger charge is 2.11. The highest BCUT2D eigenvalue weighted by Crippen LogP contribution is 2.08. The van der Waals surface area contributed by atoms with Gasteiger partial charge in [-0.15, -0.1) is 0 Å². The van der Waals surface area contributed by atoms with Gasteiger partial charge in [0.25, 0.3) is 0 Å². The number of likely N-dealkylation sites (tertiary alicyclic amines) is 1. The fraction of sp³-hybridized carbons (Fsp3) is 0.636. The Hall–Kier alpha value is -1.36. The van der Waals surface area contributed by atoms with Crippen LogP contribution < -0.4 is 0 Å². The summed E-state index contributed by atoms with van der Waals surface area (Å²) >= 11 is 0. The molecule has 0 amide bonds. The Morgan fingerprint density at radius 2 is 2.12 bits per heavy atom. The zero-order valence-corrected chi connectivity index (χ0v) is 9.30. The number of hydrogen-bond acceptors (Lipinski definition) is 3. The zero-order valence-electron chi connectivity index (χ0n) is 9.30. The number of carboxylic acid groups (broad SMARTS) is 1. The molecule has 0 aromatic carbocycles. The molecule has 88 valence electrons. The Labute approximate surface area is 94.7 Å². The Balaban J connectivity index is 1.74. The second kappa shape index (κ2) is 5.12. The van der Waals surface area contributed by atoms with Crippen LogP contribution in [0.3, 0.4) is 0 Å². The van der Waals surface area contributed by atoms with E-state index in [1.165, 1.54) is 32.1 Å². The van der Waals surface area contributed by atoms with Crippen LogP contribution in [0, 0.1) is 0 Å². The average Bonchev–Trinajstić information content (AvgIpc) is 2.87. The lowest BCUT2D eigenvalue weighted by Crippen LogP contribution is -2.21. The number of aromatic nitrogens is 2. The minimum absolute atomic E-state index is 0.265. The summed E-state index contributed by atoms with van der Waals surface area (Å²) < 4.78 is 1.71. The van der Waals surface area contributed by atoms with Crippen molar-refractivity contribution in [2.24, 2.45) is 0 Å². The van der Waals surface area contributed by atoms with Crippen LogP contribution in [0.1, 0.15) is 29.6 Å². The summed E-state index contributed by atoms with van der Waals surface area (Å²) in [6, 6.07) is 0. The number of aryl methyl sites for hydroxylation is 1. The van der Waals surface area contributed by atoms with Gasteiger partial charge in [-0.05, 0) is 38.9 Å². The number of carbonyl (C=O) groups is 1. The first-order valence-electron chi connectivity index (χ1n) is 5.74. The van der Waals surface area contributed by atoms with Crippen molar-refractivity contribution >= 4 is 5.97 Å². The minimum Gasteiger partial charge on any atom is -0.478 e. The van der Waals surface area contributed by atoms with E-state index in [2.05, 4.69) is 10.00 Å². The summed E-state index contributed by atoms with van der Waals surface area (Å²) in [5.74, 6) is -0.911. The zero-order chi connectivity index (χ0) is 11.4. The molecule has 1 aromatic heterocycles. The molecule has 0 atom stereocenters. The molecule has 1 aliphatic rings. The fourth-order valence-corrected chi connectivity index (χ4v) is 2.06. The van der Waals surface area contributed by atoms with Gasteiger partial charge in [-0.1, -0.05) is 0 Å². The van der Waals surface area contributed by atoms with Gasteiger partial charge in [0.1, 0.15) is 0 Å². The summed E-state index contributed by atoms with van der Waals surface area (Å²) in [5.41, 5.74) is 0.265. The third-order valence-corrected chi connectivity index (χ3v) is 2.94. The highest BCUT2D eigenvalue weighted by molar-refractivity contribution is 5.86. The summed E-state index contributed by atoms with van der Waals surface area (Å²) in [7, 11) is 0. The first-order valence-corrected chi connectivity index (χ1v) is 5.74. The van der Waals surface area contributed by atoms with Crippen molar-refractivity contribution in [3.8, 4) is 0 Å². The van der Waals surface area contributed by atoms with Crippen LogP contribution in [-0.2, 0) is 6.54 Å². The molecule has 1 N–H and O–H groups in total. The normalized spacial score (nSPS) is 16.8. The Morgan fingerprint density at radius 1 is 1.38 bits per heavy atom. The Bertz CT molecular complexity index is 356. The van der Waals surface area contributed by atoms with E-state index in [0.717, 1.165) is 19.5 Å². The smallest absolute Gasteiger partial charge is 0.338 e. The van der Waals surface area contributed by atoms with Gasteiger partial charge in [-0.2, -0.15) is 5.10 Å². The van der Waals surface area contributed by atoms with E-state index in [1.54, 1.807) is 10.9 Å². The maximum atomic E-state index is 10.6. The number of hydrogen-bond donors (Lipinski definition) is 1. The van der Waals surface area contributed by atoms with Crippen LogP contribution in [0.5, 0.6) is 0 Å². The standard InChI is InChI=1S/C11H17N3O2/c15-11(16)10-8-12-14(9-10)7-3-6-13-4-1-2-5-13/h8-9H,1-7H2,(H,15,16). The summed E-state index contributed by atoms with van der Waals surface area (Å²) in [6.45, 7) is 4.30. The molecule has 5 nitrogen and oxygen atoms in total. The largest absolute Gasteiger partial charge is 0.478 e. The van der Waals surface area contributed by atoms with Gasteiger partial charge < -0.3 is 10.0 Å². The van der Waals surface area contributed by atoms with E-state index in [-0.39, 0.29) is 5.56 Å². The van der Waals surface area contributed by atoms with E-state index in [9.17, 15) is 4.79 Å². The number of carboxylic acids is 1. The SMILES string of the molecule is O=C(O)c1cnn(CCCN2CCCC2)c1. The highest BCUT2D eigenvalue weighted by atomic mass is 16.4. The second-order valence-corrected chi connectivity index (χ2v) is 4.20. The van der Waals surface area contributed by atoms with Crippen molar-refractivity contribution in [2.75, 3.05) is 19.6 Å². The predicted octanol–water partition coefficient (Wildman–Crippen LogP) is 1.07. The third-order valence-electron chi connectivity index (χ3n) is 2.94. The van der Waals surface area contributed by atoms with Crippen molar-refractivity contribution in [3.05, 3.63) is 18.0 Å². The van der Waals surface area contributed by atoms with Crippen molar-refractivity contribution in [1.82, 2.24) is 14.7 Å². The minimum atomic E-state index is -0.911. The van der Waals surface area contributed by atoms with E-state index >= 15 is 0 Å². The van der Waals surface area contributed by atoms with E-state index in [4.69, 9.17) is 5.11 Å². The molecule has 0 saturated carbocycles. The molecule has 0 bridgehead atoms.